The molecule has 0 spiro atoms. The molecule has 0 saturated carbocycles. The van der Waals surface area contributed by atoms with Gasteiger partial charge in [-0.25, -0.2) is 0 Å². The van der Waals surface area contributed by atoms with Gasteiger partial charge in [0.25, 0.3) is 0 Å². The lowest BCUT2D eigenvalue weighted by Crippen LogP contribution is -2.29. The topological polar surface area (TPSA) is 21.6 Å². The number of rotatable bonds is 5. The van der Waals surface area contributed by atoms with Crippen LogP contribution >= 0.6 is 11.3 Å². The van der Waals surface area contributed by atoms with E-state index in [2.05, 4.69) is 61.2 Å². The van der Waals surface area contributed by atoms with Gasteiger partial charge in [0.1, 0.15) is 11.4 Å². The van der Waals surface area contributed by atoms with Gasteiger partial charge in [0.2, 0.25) is 8.32 Å². The van der Waals surface area contributed by atoms with Crippen molar-refractivity contribution in [2.24, 2.45) is 4.99 Å². The Morgan fingerprint density at radius 3 is 2.70 bits per heavy atom. The highest BCUT2D eigenvalue weighted by Gasteiger charge is 2.18. The molecule has 1 aromatic carbocycles. The molecule has 106 valence electrons. The van der Waals surface area contributed by atoms with Crippen LogP contribution in [-0.4, -0.2) is 14.5 Å². The molecule has 0 aliphatic carbocycles. The van der Waals surface area contributed by atoms with Gasteiger partial charge in [0.15, 0.2) is 0 Å². The first-order valence-electron chi connectivity index (χ1n) is 6.79. The van der Waals surface area contributed by atoms with Crippen LogP contribution in [0.4, 0.5) is 5.69 Å². The minimum Gasteiger partial charge on any atom is -0.543 e. The Balaban J connectivity index is 2.16. The summed E-state index contributed by atoms with van der Waals surface area (Å²) in [7, 11) is -1.61. The van der Waals surface area contributed by atoms with Crippen LogP contribution in [-0.2, 0) is 6.42 Å². The smallest absolute Gasteiger partial charge is 0.242 e. The molecular formula is C16H21NOSSi. The zero-order chi connectivity index (χ0) is 14.6. The van der Waals surface area contributed by atoms with Crippen molar-refractivity contribution >= 4 is 31.6 Å². The number of benzene rings is 1. The van der Waals surface area contributed by atoms with E-state index < -0.39 is 8.32 Å². The summed E-state index contributed by atoms with van der Waals surface area (Å²) >= 11 is 1.76. The summed E-state index contributed by atoms with van der Waals surface area (Å²) in [5.74, 6) is 0.900. The third kappa shape index (κ3) is 4.61. The molecule has 0 fully saturated rings. The molecule has 0 N–H and O–H groups in total. The number of aryl methyl sites for hydroxylation is 1. The Morgan fingerprint density at radius 2 is 2.05 bits per heavy atom. The van der Waals surface area contributed by atoms with Crippen LogP contribution in [0.2, 0.25) is 19.6 Å². The largest absolute Gasteiger partial charge is 0.543 e. The van der Waals surface area contributed by atoms with Crippen LogP contribution in [0.25, 0.3) is 0 Å². The summed E-state index contributed by atoms with van der Waals surface area (Å²) in [5, 5.41) is 2.09. The Bertz CT molecular complexity index is 585. The number of hydrogen-bond acceptors (Lipinski definition) is 3. The van der Waals surface area contributed by atoms with Crippen LogP contribution in [0.15, 0.2) is 40.7 Å². The fraction of sp³-hybridized carbons (Fsp3) is 0.312. The van der Waals surface area contributed by atoms with Gasteiger partial charge >= 0.3 is 0 Å². The molecule has 4 heteroatoms. The van der Waals surface area contributed by atoms with Gasteiger partial charge in [0.05, 0.1) is 0 Å². The van der Waals surface area contributed by atoms with E-state index in [0.717, 1.165) is 17.9 Å². The number of aliphatic imine (C=N–C) groups is 1. The molecule has 2 aromatic rings. The first-order valence-corrected chi connectivity index (χ1v) is 11.1. The molecule has 0 amide bonds. The van der Waals surface area contributed by atoms with E-state index in [1.807, 2.05) is 12.3 Å². The average molecular weight is 304 g/mol. The van der Waals surface area contributed by atoms with Crippen molar-refractivity contribution in [3.05, 3.63) is 46.2 Å². The van der Waals surface area contributed by atoms with E-state index in [-0.39, 0.29) is 0 Å². The van der Waals surface area contributed by atoms with Gasteiger partial charge < -0.3 is 4.43 Å². The molecule has 0 saturated heterocycles. The summed E-state index contributed by atoms with van der Waals surface area (Å²) in [6, 6.07) is 10.4. The summed E-state index contributed by atoms with van der Waals surface area (Å²) in [6.45, 7) is 8.64. The maximum Gasteiger partial charge on any atom is 0.242 e. The van der Waals surface area contributed by atoms with E-state index in [0.29, 0.717) is 0 Å². The molecule has 2 rings (SSSR count). The third-order valence-corrected chi connectivity index (χ3v) is 4.36. The summed E-state index contributed by atoms with van der Waals surface area (Å²) in [6.07, 6.45) is 2.84. The van der Waals surface area contributed by atoms with Gasteiger partial charge in [-0.1, -0.05) is 12.1 Å². The second-order valence-electron chi connectivity index (χ2n) is 5.78. The molecule has 0 radical (unpaired) electrons. The van der Waals surface area contributed by atoms with Crippen LogP contribution in [0.3, 0.4) is 0 Å². The quantitative estimate of drug-likeness (QED) is 0.548. The lowest BCUT2D eigenvalue weighted by molar-refractivity contribution is 0.559. The third-order valence-electron chi connectivity index (χ3n) is 2.63. The zero-order valence-electron chi connectivity index (χ0n) is 12.5. The Kier molecular flexibility index (Phi) is 4.78. The van der Waals surface area contributed by atoms with E-state index in [1.54, 1.807) is 11.3 Å². The highest BCUT2D eigenvalue weighted by atomic mass is 32.1. The number of nitrogens with zero attached hydrogens (tertiary/aromatic N) is 1. The molecule has 2 nitrogen and oxygen atoms in total. The van der Waals surface area contributed by atoms with Crippen LogP contribution in [0, 0.1) is 6.92 Å². The molecular weight excluding hydrogens is 282 g/mol. The average Bonchev–Trinajstić information content (AvgIpc) is 2.84. The van der Waals surface area contributed by atoms with Gasteiger partial charge in [0, 0.05) is 17.5 Å². The zero-order valence-corrected chi connectivity index (χ0v) is 14.3. The fourth-order valence-electron chi connectivity index (χ4n) is 1.81. The van der Waals surface area contributed by atoms with Crippen LogP contribution in [0.5, 0.6) is 5.75 Å². The minimum absolute atomic E-state index is 0.873. The summed E-state index contributed by atoms with van der Waals surface area (Å²) in [4.78, 5) is 5.93. The monoisotopic (exact) mass is 303 g/mol. The fourth-order valence-corrected chi connectivity index (χ4v) is 3.30. The maximum atomic E-state index is 6.10. The molecule has 20 heavy (non-hydrogen) atoms. The molecule has 0 aliphatic rings. The highest BCUT2D eigenvalue weighted by Crippen LogP contribution is 2.30. The SMILES string of the molecule is Cc1ccc(O[Si](C)(C)C)c(N=CCc2cccs2)c1. The molecule has 0 bridgehead atoms. The van der Waals surface area contributed by atoms with Crippen molar-refractivity contribution in [2.45, 2.75) is 33.0 Å². The standard InChI is InChI=1S/C16H21NOSSi/c1-13-7-8-16(18-20(2,3)4)15(12-13)17-10-9-14-6-5-11-19-14/h5-8,10-12H,9H2,1-4H3. The van der Waals surface area contributed by atoms with E-state index >= 15 is 0 Å². The maximum absolute atomic E-state index is 6.10. The Morgan fingerprint density at radius 1 is 1.25 bits per heavy atom. The first kappa shape index (κ1) is 15.0. The molecule has 1 heterocycles. The van der Waals surface area contributed by atoms with Crippen molar-refractivity contribution in [1.29, 1.82) is 0 Å². The number of hydrogen-bond donors (Lipinski definition) is 0. The predicted octanol–water partition coefficient (Wildman–Crippen LogP) is 5.22. The van der Waals surface area contributed by atoms with Crippen molar-refractivity contribution in [3.63, 3.8) is 0 Å². The second kappa shape index (κ2) is 6.37. The summed E-state index contributed by atoms with van der Waals surface area (Å²) < 4.78 is 6.10. The van der Waals surface area contributed by atoms with Gasteiger partial charge in [-0.05, 0) is 55.7 Å². The van der Waals surface area contributed by atoms with Gasteiger partial charge in [-0.15, -0.1) is 11.3 Å². The van der Waals surface area contributed by atoms with Crippen molar-refractivity contribution in [1.82, 2.24) is 0 Å². The predicted molar refractivity (Wildman–Crippen MR) is 91.3 cm³/mol. The van der Waals surface area contributed by atoms with Gasteiger partial charge in [-0.3, -0.25) is 4.99 Å². The molecule has 0 unspecified atom stereocenters. The lowest BCUT2D eigenvalue weighted by atomic mass is 10.2. The van der Waals surface area contributed by atoms with E-state index in [9.17, 15) is 0 Å². The minimum atomic E-state index is -1.61. The van der Waals surface area contributed by atoms with Crippen molar-refractivity contribution in [2.75, 3.05) is 0 Å². The van der Waals surface area contributed by atoms with Crippen LogP contribution in [0.1, 0.15) is 10.4 Å². The van der Waals surface area contributed by atoms with E-state index in [4.69, 9.17) is 4.43 Å². The normalized spacial score (nSPS) is 12.0. The van der Waals surface area contributed by atoms with Gasteiger partial charge in [-0.2, -0.15) is 0 Å². The second-order valence-corrected chi connectivity index (χ2v) is 11.2. The molecule has 1 aromatic heterocycles. The summed E-state index contributed by atoms with van der Waals surface area (Å²) in [5.41, 5.74) is 2.14. The Hall–Kier alpha value is -1.39. The van der Waals surface area contributed by atoms with E-state index in [1.165, 1.54) is 10.4 Å². The van der Waals surface area contributed by atoms with Crippen molar-refractivity contribution < 1.29 is 4.43 Å². The lowest BCUT2D eigenvalue weighted by Gasteiger charge is -2.20. The Labute approximate surface area is 126 Å². The molecule has 0 aliphatic heterocycles. The van der Waals surface area contributed by atoms with Crippen molar-refractivity contribution in [3.8, 4) is 5.75 Å². The molecule has 0 atom stereocenters. The highest BCUT2D eigenvalue weighted by molar-refractivity contribution is 7.10. The number of thiophene rings is 1. The van der Waals surface area contributed by atoms with Crippen LogP contribution < -0.4 is 4.43 Å². The first-order chi connectivity index (χ1) is 9.44.